The summed E-state index contributed by atoms with van der Waals surface area (Å²) >= 11 is 0. The summed E-state index contributed by atoms with van der Waals surface area (Å²) in [6.07, 6.45) is 5.40. The first kappa shape index (κ1) is 14.5. The van der Waals surface area contributed by atoms with Crippen LogP contribution >= 0.6 is 0 Å². The van der Waals surface area contributed by atoms with Crippen LogP contribution in [0.1, 0.15) is 11.1 Å². The molecule has 0 aliphatic rings. The fourth-order valence-corrected chi connectivity index (χ4v) is 1.85. The van der Waals surface area contributed by atoms with E-state index >= 15 is 0 Å². The lowest BCUT2D eigenvalue weighted by molar-refractivity contribution is -0.131. The van der Waals surface area contributed by atoms with Crippen LogP contribution < -0.4 is 10.3 Å². The maximum atomic E-state index is 11.7. The quantitative estimate of drug-likeness (QED) is 0.840. The second-order valence-corrected chi connectivity index (χ2v) is 4.28. The molecule has 0 spiro atoms. The molecule has 2 rings (SSSR count). The summed E-state index contributed by atoms with van der Waals surface area (Å²) in [6, 6.07) is 6.61. The number of carboxylic acid groups (broad SMARTS) is 1. The SMILES string of the molecule is COc1ccc(C=CC(=O)O)c(Cn2cnccc2=O)c1. The van der Waals surface area contributed by atoms with Gasteiger partial charge in [-0.3, -0.25) is 9.36 Å². The number of aromatic nitrogens is 2. The van der Waals surface area contributed by atoms with Crippen LogP contribution in [0.4, 0.5) is 0 Å². The van der Waals surface area contributed by atoms with Gasteiger partial charge in [0.25, 0.3) is 5.56 Å². The van der Waals surface area contributed by atoms with Crippen LogP contribution in [0.5, 0.6) is 5.75 Å². The van der Waals surface area contributed by atoms with Crippen molar-refractivity contribution in [2.24, 2.45) is 0 Å². The third-order valence-electron chi connectivity index (χ3n) is 2.89. The smallest absolute Gasteiger partial charge is 0.328 e. The molecule has 0 aliphatic heterocycles. The minimum Gasteiger partial charge on any atom is -0.497 e. The van der Waals surface area contributed by atoms with Gasteiger partial charge in [-0.25, -0.2) is 9.78 Å². The van der Waals surface area contributed by atoms with E-state index in [1.807, 2.05) is 0 Å². The maximum Gasteiger partial charge on any atom is 0.328 e. The average molecular weight is 286 g/mol. The summed E-state index contributed by atoms with van der Waals surface area (Å²) in [5.41, 5.74) is 1.29. The van der Waals surface area contributed by atoms with E-state index in [1.165, 1.54) is 29.2 Å². The third-order valence-corrected chi connectivity index (χ3v) is 2.89. The standard InChI is InChI=1S/C15H14N2O4/c1-21-13-4-2-11(3-5-15(19)20)12(8-13)9-17-10-16-7-6-14(17)18/h2-8,10H,9H2,1H3,(H,19,20). The lowest BCUT2D eigenvalue weighted by Gasteiger charge is -2.10. The minimum atomic E-state index is -1.03. The van der Waals surface area contributed by atoms with Gasteiger partial charge in [0.2, 0.25) is 0 Å². The highest BCUT2D eigenvalue weighted by molar-refractivity contribution is 5.85. The van der Waals surface area contributed by atoms with Crippen molar-refractivity contribution in [3.05, 3.63) is 64.3 Å². The topological polar surface area (TPSA) is 81.4 Å². The molecular formula is C15H14N2O4. The highest BCUT2D eigenvalue weighted by Gasteiger charge is 2.05. The number of rotatable bonds is 5. The van der Waals surface area contributed by atoms with E-state index in [4.69, 9.17) is 9.84 Å². The molecule has 1 N–H and O–H groups in total. The van der Waals surface area contributed by atoms with Crippen LogP contribution in [-0.2, 0) is 11.3 Å². The van der Waals surface area contributed by atoms with Gasteiger partial charge in [0.1, 0.15) is 5.75 Å². The Morgan fingerprint density at radius 1 is 1.43 bits per heavy atom. The monoisotopic (exact) mass is 286 g/mol. The number of ether oxygens (including phenoxy) is 1. The molecule has 0 fully saturated rings. The van der Waals surface area contributed by atoms with Gasteiger partial charge in [-0.15, -0.1) is 0 Å². The van der Waals surface area contributed by atoms with Gasteiger partial charge < -0.3 is 9.84 Å². The van der Waals surface area contributed by atoms with Crippen molar-refractivity contribution in [3.8, 4) is 5.75 Å². The van der Waals surface area contributed by atoms with Gasteiger partial charge in [0, 0.05) is 18.3 Å². The number of carboxylic acids is 1. The lowest BCUT2D eigenvalue weighted by Crippen LogP contribution is -2.19. The van der Waals surface area contributed by atoms with Gasteiger partial charge in [-0.05, 0) is 29.3 Å². The summed E-state index contributed by atoms with van der Waals surface area (Å²) in [7, 11) is 1.54. The number of nitrogens with zero attached hydrogens (tertiary/aromatic N) is 2. The fourth-order valence-electron chi connectivity index (χ4n) is 1.85. The Hall–Kier alpha value is -2.89. The first-order valence-electron chi connectivity index (χ1n) is 6.18. The molecule has 1 heterocycles. The van der Waals surface area contributed by atoms with Crippen molar-refractivity contribution < 1.29 is 14.6 Å². The first-order valence-corrected chi connectivity index (χ1v) is 6.18. The normalized spacial score (nSPS) is 10.7. The molecule has 6 nitrogen and oxygen atoms in total. The molecule has 0 atom stereocenters. The average Bonchev–Trinajstić information content (AvgIpc) is 2.48. The predicted molar refractivity (Wildman–Crippen MR) is 77.3 cm³/mol. The zero-order valence-corrected chi connectivity index (χ0v) is 11.4. The molecule has 0 unspecified atom stereocenters. The summed E-state index contributed by atoms with van der Waals surface area (Å²) in [5.74, 6) is -0.398. The number of benzene rings is 1. The number of hydrogen-bond donors (Lipinski definition) is 1. The van der Waals surface area contributed by atoms with E-state index in [2.05, 4.69) is 4.98 Å². The zero-order chi connectivity index (χ0) is 15.2. The largest absolute Gasteiger partial charge is 0.497 e. The third kappa shape index (κ3) is 3.79. The molecule has 2 aromatic rings. The van der Waals surface area contributed by atoms with Crippen LogP contribution in [0.15, 0.2) is 47.7 Å². The summed E-state index contributed by atoms with van der Waals surface area (Å²) in [4.78, 5) is 26.3. The Morgan fingerprint density at radius 3 is 2.90 bits per heavy atom. The van der Waals surface area contributed by atoms with E-state index in [0.29, 0.717) is 11.3 Å². The molecule has 1 aromatic heterocycles. The molecule has 0 bridgehead atoms. The molecule has 0 amide bonds. The molecule has 1 aromatic carbocycles. The molecule has 6 heteroatoms. The lowest BCUT2D eigenvalue weighted by atomic mass is 10.1. The highest BCUT2D eigenvalue weighted by atomic mass is 16.5. The van der Waals surface area contributed by atoms with E-state index in [-0.39, 0.29) is 12.1 Å². The zero-order valence-electron chi connectivity index (χ0n) is 11.4. The molecule has 0 radical (unpaired) electrons. The summed E-state index contributed by atoms with van der Waals surface area (Å²) in [6.45, 7) is 0.281. The van der Waals surface area contributed by atoms with Crippen LogP contribution in [0.3, 0.4) is 0 Å². The molecule has 108 valence electrons. The summed E-state index contributed by atoms with van der Waals surface area (Å²) in [5, 5.41) is 8.72. The van der Waals surface area contributed by atoms with Gasteiger partial charge >= 0.3 is 5.97 Å². The van der Waals surface area contributed by atoms with E-state index in [1.54, 1.807) is 25.3 Å². The molecule has 0 saturated heterocycles. The van der Waals surface area contributed by atoms with Crippen LogP contribution in [0.25, 0.3) is 6.08 Å². The summed E-state index contributed by atoms with van der Waals surface area (Å²) < 4.78 is 6.60. The van der Waals surface area contributed by atoms with Gasteiger partial charge in [-0.2, -0.15) is 0 Å². The Morgan fingerprint density at radius 2 is 2.24 bits per heavy atom. The van der Waals surface area contributed by atoms with Gasteiger partial charge in [-0.1, -0.05) is 6.07 Å². The molecular weight excluding hydrogens is 272 g/mol. The van der Waals surface area contributed by atoms with Crippen molar-refractivity contribution in [2.75, 3.05) is 7.11 Å². The minimum absolute atomic E-state index is 0.180. The van der Waals surface area contributed by atoms with Crippen molar-refractivity contribution in [3.63, 3.8) is 0 Å². The van der Waals surface area contributed by atoms with Gasteiger partial charge in [0.15, 0.2) is 0 Å². The van der Waals surface area contributed by atoms with Crippen LogP contribution in [0.2, 0.25) is 0 Å². The maximum absolute atomic E-state index is 11.7. The van der Waals surface area contributed by atoms with Gasteiger partial charge in [0.05, 0.1) is 20.0 Å². The fraction of sp³-hybridized carbons (Fsp3) is 0.133. The van der Waals surface area contributed by atoms with E-state index in [0.717, 1.165) is 11.6 Å². The first-order chi connectivity index (χ1) is 10.1. The number of methoxy groups -OCH3 is 1. The Bertz CT molecular complexity index is 734. The Balaban J connectivity index is 2.42. The molecule has 0 saturated carbocycles. The number of carbonyl (C=O) groups is 1. The van der Waals surface area contributed by atoms with Crippen molar-refractivity contribution >= 4 is 12.0 Å². The van der Waals surface area contributed by atoms with Crippen molar-refractivity contribution in [2.45, 2.75) is 6.54 Å². The van der Waals surface area contributed by atoms with Crippen molar-refractivity contribution in [1.82, 2.24) is 9.55 Å². The van der Waals surface area contributed by atoms with Crippen LogP contribution in [0, 0.1) is 0 Å². The van der Waals surface area contributed by atoms with Crippen LogP contribution in [-0.4, -0.2) is 27.7 Å². The molecule has 0 aliphatic carbocycles. The number of hydrogen-bond acceptors (Lipinski definition) is 4. The Kier molecular flexibility index (Phi) is 4.50. The number of aliphatic carboxylic acids is 1. The second kappa shape index (κ2) is 6.51. The second-order valence-electron chi connectivity index (χ2n) is 4.28. The van der Waals surface area contributed by atoms with Crippen molar-refractivity contribution in [1.29, 1.82) is 0 Å². The Labute approximate surface area is 121 Å². The van der Waals surface area contributed by atoms with E-state index < -0.39 is 5.97 Å². The van der Waals surface area contributed by atoms with E-state index in [9.17, 15) is 9.59 Å². The predicted octanol–water partition coefficient (Wildman–Crippen LogP) is 1.40. The molecule has 21 heavy (non-hydrogen) atoms. The highest BCUT2D eigenvalue weighted by Crippen LogP contribution is 2.19.